The predicted octanol–water partition coefficient (Wildman–Crippen LogP) is -8.03. The molecule has 0 radical (unpaired) electrons. The summed E-state index contributed by atoms with van der Waals surface area (Å²) in [6, 6.07) is 6.25. The minimum absolute atomic E-state index is 0. The van der Waals surface area contributed by atoms with Crippen molar-refractivity contribution in [3.8, 4) is 0 Å². The molecule has 0 saturated heterocycles. The predicted molar refractivity (Wildman–Crippen MR) is 43.9 cm³/mol. The van der Waals surface area contributed by atoms with Gasteiger partial charge >= 0.3 is 103 Å². The van der Waals surface area contributed by atoms with E-state index < -0.39 is 18.0 Å². The number of hydrogen-bond acceptors (Lipinski definition) is 5. The second-order valence-electron chi connectivity index (χ2n) is 2.58. The van der Waals surface area contributed by atoms with Crippen LogP contribution in [0.1, 0.15) is 0 Å². The fourth-order valence-electron chi connectivity index (χ4n) is 0.915. The van der Waals surface area contributed by atoms with Crippen molar-refractivity contribution in [3.05, 3.63) is 30.3 Å². The monoisotopic (exact) mass is 271 g/mol. The Labute approximate surface area is 178 Å². The topological polar surface area (TPSA) is 92.3 Å². The van der Waals surface area contributed by atoms with Gasteiger partial charge < -0.3 is 25.1 Å². The molecule has 1 aromatic rings. The molecule has 0 bridgehead atoms. The smallest absolute Gasteiger partial charge is 0.547 e. The Kier molecular flexibility index (Phi) is 12.5. The summed E-state index contributed by atoms with van der Waals surface area (Å²) in [7, 11) is 0. The van der Waals surface area contributed by atoms with Crippen molar-refractivity contribution in [2.45, 2.75) is 6.04 Å². The summed E-state index contributed by atoms with van der Waals surface area (Å²) in [6.45, 7) is 0. The largest absolute Gasteiger partial charge is 1.00 e. The van der Waals surface area contributed by atoms with Gasteiger partial charge in [0, 0.05) is 5.69 Å². The SMILES string of the molecule is O=C([O-])C(Nc1ccccc1)C(=O)[O-].[K+].[K+]. The van der Waals surface area contributed by atoms with Gasteiger partial charge in [-0.25, -0.2) is 0 Å². The van der Waals surface area contributed by atoms with Crippen LogP contribution < -0.4 is 118 Å². The number of benzene rings is 1. The van der Waals surface area contributed by atoms with Crippen LogP contribution >= 0.6 is 0 Å². The molecule has 0 saturated carbocycles. The average Bonchev–Trinajstić information content (AvgIpc) is 2.15. The zero-order valence-electron chi connectivity index (χ0n) is 9.10. The van der Waals surface area contributed by atoms with Crippen molar-refractivity contribution < 1.29 is 123 Å². The fraction of sp³-hybridized carbons (Fsp3) is 0.111. The molecule has 16 heavy (non-hydrogen) atoms. The van der Waals surface area contributed by atoms with Crippen LogP contribution in [0.5, 0.6) is 0 Å². The number of aliphatic carboxylic acids is 2. The van der Waals surface area contributed by atoms with Crippen LogP contribution in [0.15, 0.2) is 30.3 Å². The summed E-state index contributed by atoms with van der Waals surface area (Å²) in [5.74, 6) is -3.46. The number of hydrogen-bond donors (Lipinski definition) is 1. The van der Waals surface area contributed by atoms with Crippen LogP contribution in [-0.2, 0) is 9.59 Å². The van der Waals surface area contributed by atoms with E-state index in [0.717, 1.165) is 0 Å². The summed E-state index contributed by atoms with van der Waals surface area (Å²) >= 11 is 0. The van der Waals surface area contributed by atoms with Gasteiger partial charge in [0.2, 0.25) is 0 Å². The standard InChI is InChI=1S/C9H9NO4.2K/c11-8(12)7(9(13)14)10-6-4-2-1-3-5-6;;/h1-5,7,10H,(H,11,12)(H,13,14);;/q;2*+1/p-2. The van der Waals surface area contributed by atoms with Gasteiger partial charge in [0.15, 0.2) is 0 Å². The van der Waals surface area contributed by atoms with Gasteiger partial charge in [-0.3, -0.25) is 0 Å². The van der Waals surface area contributed by atoms with Crippen molar-refractivity contribution in [3.63, 3.8) is 0 Å². The first kappa shape index (κ1) is 19.6. The first-order valence-corrected chi connectivity index (χ1v) is 3.84. The molecule has 1 N–H and O–H groups in total. The van der Waals surface area contributed by atoms with Crippen molar-refractivity contribution in [1.82, 2.24) is 0 Å². The third-order valence-electron chi connectivity index (χ3n) is 1.56. The van der Waals surface area contributed by atoms with Crippen LogP contribution in [0, 0.1) is 0 Å². The molecule has 0 heterocycles. The Morgan fingerprint density at radius 2 is 1.44 bits per heavy atom. The maximum Gasteiger partial charge on any atom is 1.00 e. The van der Waals surface area contributed by atoms with E-state index in [9.17, 15) is 19.8 Å². The Morgan fingerprint density at radius 1 is 1.00 bits per heavy atom. The van der Waals surface area contributed by atoms with Crippen LogP contribution in [0.3, 0.4) is 0 Å². The number of rotatable bonds is 4. The summed E-state index contributed by atoms with van der Waals surface area (Å²) in [5, 5.41) is 23.0. The first-order chi connectivity index (χ1) is 6.61. The van der Waals surface area contributed by atoms with E-state index in [2.05, 4.69) is 5.32 Å². The molecule has 74 valence electrons. The minimum atomic E-state index is -1.84. The van der Waals surface area contributed by atoms with Crippen LogP contribution in [-0.4, -0.2) is 18.0 Å². The summed E-state index contributed by atoms with van der Waals surface area (Å²) in [4.78, 5) is 20.7. The van der Waals surface area contributed by atoms with Crippen LogP contribution in [0.25, 0.3) is 0 Å². The second-order valence-corrected chi connectivity index (χ2v) is 2.58. The maximum atomic E-state index is 10.4. The van der Waals surface area contributed by atoms with E-state index in [1.54, 1.807) is 30.3 Å². The van der Waals surface area contributed by atoms with Crippen molar-refractivity contribution >= 4 is 17.6 Å². The van der Waals surface area contributed by atoms with Gasteiger partial charge in [0.25, 0.3) is 0 Å². The number of nitrogens with one attached hydrogen (secondary N) is 1. The zero-order chi connectivity index (χ0) is 10.6. The van der Waals surface area contributed by atoms with E-state index in [-0.39, 0.29) is 103 Å². The number of carbonyl (C=O) groups is 2. The Balaban J connectivity index is 0. The number of carboxylic acids is 2. The van der Waals surface area contributed by atoms with E-state index in [1.807, 2.05) is 0 Å². The number of para-hydroxylation sites is 1. The normalized spacial score (nSPS) is 8.56. The van der Waals surface area contributed by atoms with Gasteiger partial charge in [0.05, 0.1) is 11.9 Å². The van der Waals surface area contributed by atoms with E-state index >= 15 is 0 Å². The van der Waals surface area contributed by atoms with Gasteiger partial charge in [-0.1, -0.05) is 18.2 Å². The summed E-state index contributed by atoms with van der Waals surface area (Å²) < 4.78 is 0. The molecule has 0 aliphatic carbocycles. The molecule has 0 atom stereocenters. The maximum absolute atomic E-state index is 10.4. The molecule has 1 rings (SSSR count). The molecule has 7 heteroatoms. The van der Waals surface area contributed by atoms with Gasteiger partial charge in [0.1, 0.15) is 6.04 Å². The van der Waals surface area contributed by atoms with Crippen molar-refractivity contribution in [1.29, 1.82) is 0 Å². The summed E-state index contributed by atoms with van der Waals surface area (Å²) in [5.41, 5.74) is 0.380. The molecule has 0 aliphatic heterocycles. The van der Waals surface area contributed by atoms with Crippen LogP contribution in [0.2, 0.25) is 0 Å². The van der Waals surface area contributed by atoms with Crippen molar-refractivity contribution in [2.24, 2.45) is 0 Å². The van der Waals surface area contributed by atoms with Gasteiger partial charge in [-0.15, -0.1) is 0 Å². The molecule has 0 aromatic heterocycles. The second kappa shape index (κ2) is 10.2. The zero-order valence-corrected chi connectivity index (χ0v) is 15.3. The van der Waals surface area contributed by atoms with E-state index in [1.165, 1.54) is 0 Å². The minimum Gasteiger partial charge on any atom is -0.547 e. The molecule has 0 aliphatic rings. The Bertz CT molecular complexity index is 331. The molecule has 0 unspecified atom stereocenters. The quantitative estimate of drug-likeness (QED) is 0.434. The molecule has 1 aromatic carbocycles. The van der Waals surface area contributed by atoms with Gasteiger partial charge in [-0.05, 0) is 12.1 Å². The summed E-state index contributed by atoms with van der Waals surface area (Å²) in [6.07, 6.45) is 0. The molecule has 0 amide bonds. The first-order valence-electron chi connectivity index (χ1n) is 3.84. The number of carbonyl (C=O) groups excluding carboxylic acids is 2. The van der Waals surface area contributed by atoms with Gasteiger partial charge in [-0.2, -0.15) is 0 Å². The molecule has 5 nitrogen and oxygen atoms in total. The number of anilines is 1. The van der Waals surface area contributed by atoms with Crippen LogP contribution in [0.4, 0.5) is 5.69 Å². The van der Waals surface area contributed by atoms with Crippen molar-refractivity contribution in [2.75, 3.05) is 5.32 Å². The molecular formula is C9H7K2NO4. The molecule has 0 fully saturated rings. The average molecular weight is 271 g/mol. The third kappa shape index (κ3) is 6.84. The molecule has 0 spiro atoms. The fourth-order valence-corrected chi connectivity index (χ4v) is 0.915. The Hall–Kier alpha value is 1.23. The third-order valence-corrected chi connectivity index (χ3v) is 1.56. The Morgan fingerprint density at radius 3 is 1.81 bits per heavy atom. The molecular weight excluding hydrogens is 264 g/mol. The number of carboxylic acid groups (broad SMARTS) is 2. The van der Waals surface area contributed by atoms with E-state index in [0.29, 0.717) is 5.69 Å². The van der Waals surface area contributed by atoms with E-state index in [4.69, 9.17) is 0 Å².